The lowest BCUT2D eigenvalue weighted by Gasteiger charge is -2.44. The van der Waals surface area contributed by atoms with Gasteiger partial charge in [0.1, 0.15) is 0 Å². The molecule has 0 fully saturated rings. The molecule has 26 heavy (non-hydrogen) atoms. The molecule has 7 heteroatoms. The van der Waals surface area contributed by atoms with E-state index < -0.39 is 22.2 Å². The number of rotatable bonds is 4. The average molecular weight is 353 g/mol. The number of pyridine rings is 1. The molecule has 0 amide bonds. The standard InChI is InChI=1S/C19H19N3O4/c1-12-10-19(15-6-4-8-20-11-15,17(18(23)24)13(2)21-12)14-5-3-7-16(9-14)22(25)26/h3-11,13,17,21H,1-2H3,(H,23,24). The Kier molecular flexibility index (Phi) is 4.46. The van der Waals surface area contributed by atoms with Gasteiger partial charge in [0.25, 0.3) is 5.69 Å². The second-order valence-corrected chi connectivity index (χ2v) is 6.49. The summed E-state index contributed by atoms with van der Waals surface area (Å²) in [7, 11) is 0. The van der Waals surface area contributed by atoms with E-state index >= 15 is 0 Å². The van der Waals surface area contributed by atoms with Crippen LogP contribution in [0.25, 0.3) is 0 Å². The van der Waals surface area contributed by atoms with Crippen molar-refractivity contribution < 1.29 is 14.8 Å². The number of aliphatic carboxylic acids is 1. The van der Waals surface area contributed by atoms with E-state index in [4.69, 9.17) is 0 Å². The Balaban J connectivity index is 2.37. The van der Waals surface area contributed by atoms with Crippen LogP contribution in [0.3, 0.4) is 0 Å². The molecule has 2 heterocycles. The van der Waals surface area contributed by atoms with Crippen molar-refractivity contribution in [3.63, 3.8) is 0 Å². The summed E-state index contributed by atoms with van der Waals surface area (Å²) in [5, 5.41) is 24.4. The normalized spacial score (nSPS) is 25.1. The molecule has 0 bridgehead atoms. The zero-order valence-corrected chi connectivity index (χ0v) is 14.4. The molecule has 3 atom stereocenters. The van der Waals surface area contributed by atoms with Gasteiger partial charge in [0.2, 0.25) is 0 Å². The fourth-order valence-corrected chi connectivity index (χ4v) is 3.90. The lowest BCUT2D eigenvalue weighted by molar-refractivity contribution is -0.385. The molecule has 0 aliphatic carbocycles. The molecule has 3 unspecified atom stereocenters. The largest absolute Gasteiger partial charge is 0.481 e. The van der Waals surface area contributed by atoms with Crippen molar-refractivity contribution in [2.45, 2.75) is 25.3 Å². The van der Waals surface area contributed by atoms with Crippen molar-refractivity contribution in [2.75, 3.05) is 0 Å². The number of carboxylic acids is 1. The molecule has 7 nitrogen and oxygen atoms in total. The van der Waals surface area contributed by atoms with Crippen LogP contribution >= 0.6 is 0 Å². The third kappa shape index (κ3) is 2.81. The molecule has 0 saturated heterocycles. The van der Waals surface area contributed by atoms with Crippen molar-refractivity contribution in [2.24, 2.45) is 5.92 Å². The number of non-ortho nitro benzene ring substituents is 1. The summed E-state index contributed by atoms with van der Waals surface area (Å²) in [6.45, 7) is 3.66. The summed E-state index contributed by atoms with van der Waals surface area (Å²) in [5.41, 5.74) is 0.902. The summed E-state index contributed by atoms with van der Waals surface area (Å²) in [6, 6.07) is 9.34. The summed E-state index contributed by atoms with van der Waals surface area (Å²) in [5.74, 6) is -1.85. The maximum absolute atomic E-state index is 12.2. The molecule has 0 spiro atoms. The van der Waals surface area contributed by atoms with Crippen LogP contribution in [0.5, 0.6) is 0 Å². The van der Waals surface area contributed by atoms with Crippen LogP contribution < -0.4 is 5.32 Å². The van der Waals surface area contributed by atoms with E-state index in [9.17, 15) is 20.0 Å². The number of aromatic nitrogens is 1. The summed E-state index contributed by atoms with van der Waals surface area (Å²) in [6.07, 6.45) is 5.07. The first-order valence-electron chi connectivity index (χ1n) is 8.20. The number of benzene rings is 1. The van der Waals surface area contributed by atoms with Gasteiger partial charge in [0.15, 0.2) is 0 Å². The fraction of sp³-hybridized carbons (Fsp3) is 0.263. The molecular weight excluding hydrogens is 334 g/mol. The van der Waals surface area contributed by atoms with Gasteiger partial charge < -0.3 is 10.4 Å². The van der Waals surface area contributed by atoms with E-state index in [-0.39, 0.29) is 11.7 Å². The molecule has 3 rings (SSSR count). The van der Waals surface area contributed by atoms with Crippen LogP contribution in [0.15, 0.2) is 60.6 Å². The second-order valence-electron chi connectivity index (χ2n) is 6.49. The highest BCUT2D eigenvalue weighted by Crippen LogP contribution is 2.45. The topological polar surface area (TPSA) is 105 Å². The molecule has 1 aliphatic rings. The van der Waals surface area contributed by atoms with Crippen molar-refractivity contribution in [1.29, 1.82) is 0 Å². The van der Waals surface area contributed by atoms with E-state index in [2.05, 4.69) is 10.3 Å². The quantitative estimate of drug-likeness (QED) is 0.647. The molecule has 2 N–H and O–H groups in total. The first-order valence-corrected chi connectivity index (χ1v) is 8.20. The van der Waals surface area contributed by atoms with Crippen molar-refractivity contribution >= 4 is 11.7 Å². The molecule has 1 aromatic heterocycles. The van der Waals surface area contributed by atoms with Gasteiger partial charge in [-0.05, 0) is 37.1 Å². The van der Waals surface area contributed by atoms with Crippen molar-refractivity contribution in [3.8, 4) is 0 Å². The minimum absolute atomic E-state index is 0.0767. The monoisotopic (exact) mass is 353 g/mol. The van der Waals surface area contributed by atoms with Gasteiger partial charge in [-0.3, -0.25) is 19.9 Å². The maximum atomic E-state index is 12.2. The Morgan fingerprint density at radius 2 is 2.04 bits per heavy atom. The SMILES string of the molecule is CC1=CC(c2cccnc2)(c2cccc([N+](=O)[O-])c2)C(C(=O)O)C(C)N1. The average Bonchev–Trinajstić information content (AvgIpc) is 2.61. The Morgan fingerprint density at radius 1 is 1.31 bits per heavy atom. The van der Waals surface area contributed by atoms with Crippen LogP contribution in [0.2, 0.25) is 0 Å². The summed E-state index contributed by atoms with van der Waals surface area (Å²) < 4.78 is 0. The predicted octanol–water partition coefficient (Wildman–Crippen LogP) is 2.87. The lowest BCUT2D eigenvalue weighted by atomic mass is 9.62. The molecule has 2 aromatic rings. The Bertz CT molecular complexity index is 881. The van der Waals surface area contributed by atoms with Crippen LogP contribution in [-0.2, 0) is 10.2 Å². The van der Waals surface area contributed by atoms with Crippen LogP contribution in [-0.4, -0.2) is 27.0 Å². The second kappa shape index (κ2) is 6.59. The van der Waals surface area contributed by atoms with E-state index in [1.54, 1.807) is 37.5 Å². The minimum Gasteiger partial charge on any atom is -0.481 e. The van der Waals surface area contributed by atoms with Gasteiger partial charge in [0.05, 0.1) is 16.3 Å². The first kappa shape index (κ1) is 17.6. The first-order chi connectivity index (χ1) is 12.4. The van der Waals surface area contributed by atoms with Crippen LogP contribution in [0.1, 0.15) is 25.0 Å². The molecule has 0 radical (unpaired) electrons. The zero-order valence-electron chi connectivity index (χ0n) is 14.4. The third-order valence-corrected chi connectivity index (χ3v) is 4.83. The van der Waals surface area contributed by atoms with E-state index in [0.29, 0.717) is 11.1 Å². The van der Waals surface area contributed by atoms with Gasteiger partial charge in [-0.2, -0.15) is 0 Å². The smallest absolute Gasteiger partial charge is 0.310 e. The van der Waals surface area contributed by atoms with Gasteiger partial charge >= 0.3 is 5.97 Å². The Labute approximate surface area is 150 Å². The highest BCUT2D eigenvalue weighted by Gasteiger charge is 2.50. The molecule has 134 valence electrons. The van der Waals surface area contributed by atoms with Gasteiger partial charge in [-0.15, -0.1) is 0 Å². The highest BCUT2D eigenvalue weighted by atomic mass is 16.6. The van der Waals surface area contributed by atoms with E-state index in [1.807, 2.05) is 19.1 Å². The Morgan fingerprint density at radius 3 is 2.65 bits per heavy atom. The summed E-state index contributed by atoms with van der Waals surface area (Å²) >= 11 is 0. The number of hydrogen-bond acceptors (Lipinski definition) is 5. The zero-order chi connectivity index (χ0) is 18.9. The molecule has 1 aromatic carbocycles. The number of carbonyl (C=O) groups is 1. The number of allylic oxidation sites excluding steroid dienone is 2. The van der Waals surface area contributed by atoms with E-state index in [1.165, 1.54) is 12.1 Å². The molecule has 1 aliphatic heterocycles. The number of nitrogens with one attached hydrogen (secondary N) is 1. The number of hydrogen-bond donors (Lipinski definition) is 2. The fourth-order valence-electron chi connectivity index (χ4n) is 3.90. The highest BCUT2D eigenvalue weighted by molar-refractivity contribution is 5.77. The predicted molar refractivity (Wildman–Crippen MR) is 95.6 cm³/mol. The third-order valence-electron chi connectivity index (χ3n) is 4.83. The summed E-state index contributed by atoms with van der Waals surface area (Å²) in [4.78, 5) is 27.2. The minimum atomic E-state index is -1.07. The lowest BCUT2D eigenvalue weighted by Crippen LogP contribution is -2.53. The van der Waals surface area contributed by atoms with E-state index in [0.717, 1.165) is 5.70 Å². The molecular formula is C19H19N3O4. The Hall–Kier alpha value is -3.22. The van der Waals surface area contributed by atoms with Gasteiger partial charge in [-0.25, -0.2) is 0 Å². The number of nitro groups is 1. The number of nitrogens with zero attached hydrogens (tertiary/aromatic N) is 2. The van der Waals surface area contributed by atoms with Crippen LogP contribution in [0.4, 0.5) is 5.69 Å². The number of nitro benzene ring substituents is 1. The van der Waals surface area contributed by atoms with Crippen molar-refractivity contribution in [3.05, 3.63) is 81.8 Å². The number of carboxylic acid groups (broad SMARTS) is 1. The molecule has 0 saturated carbocycles. The van der Waals surface area contributed by atoms with Gasteiger partial charge in [-0.1, -0.05) is 18.2 Å². The van der Waals surface area contributed by atoms with Crippen molar-refractivity contribution in [1.82, 2.24) is 10.3 Å². The van der Waals surface area contributed by atoms with Crippen LogP contribution in [0, 0.1) is 16.0 Å². The van der Waals surface area contributed by atoms with Gasteiger partial charge in [0, 0.05) is 36.3 Å². The maximum Gasteiger partial charge on any atom is 0.310 e.